The number of carbonyl (C=O) groups is 5. The van der Waals surface area contributed by atoms with Crippen molar-refractivity contribution in [2.45, 2.75) is 97.0 Å². The Balaban J connectivity index is 2.04. The van der Waals surface area contributed by atoms with E-state index in [9.17, 15) is 24.0 Å². The minimum Gasteiger partial charge on any atom is -0.459 e. The highest BCUT2D eigenvalue weighted by Gasteiger charge is 2.40. The molecule has 1 heterocycles. The van der Waals surface area contributed by atoms with Gasteiger partial charge in [0.05, 0.1) is 17.3 Å². The molecule has 0 bridgehead atoms. The summed E-state index contributed by atoms with van der Waals surface area (Å²) in [7, 11) is 0. The quantitative estimate of drug-likeness (QED) is 0.155. The van der Waals surface area contributed by atoms with Crippen LogP contribution in [0.1, 0.15) is 76.5 Å². The van der Waals surface area contributed by atoms with Crippen molar-refractivity contribution >= 4 is 52.9 Å². The number of alkyl halides is 1. The lowest BCUT2D eigenvalue weighted by atomic mass is 9.90. The first-order valence-corrected chi connectivity index (χ1v) is 18.4. The van der Waals surface area contributed by atoms with E-state index in [4.69, 9.17) is 43.1 Å². The standard InChI is InChI=1S/C39H51Cl2N3O8/c1-7-26-17-16-25(19-28(26)40)20-29-36(47)43-22-39(5,6)38(49)51-31(18-23(2)3)37(48)50-30(14-11-15-32(45)44-29)24(4)35(52-33(46)21-42)34(41)27-12-9-8-10-13-27/h8-13,15-17,19,23-24,29-31,34-35H,7,14,18,20-22,42H2,1-6H3,(H,43,47)(H,44,45)/b15-11+. The molecule has 3 rings (SSSR count). The molecule has 2 aromatic carbocycles. The molecule has 0 spiro atoms. The molecule has 0 fully saturated rings. The van der Waals surface area contributed by atoms with E-state index >= 15 is 0 Å². The van der Waals surface area contributed by atoms with Crippen LogP contribution in [-0.4, -0.2) is 67.2 Å². The smallest absolute Gasteiger partial charge is 0.347 e. The van der Waals surface area contributed by atoms with E-state index in [1.165, 1.54) is 12.2 Å². The van der Waals surface area contributed by atoms with Gasteiger partial charge in [0.25, 0.3) is 0 Å². The first kappa shape index (κ1) is 42.5. The Labute approximate surface area is 316 Å². The highest BCUT2D eigenvalue weighted by Crippen LogP contribution is 2.34. The third kappa shape index (κ3) is 12.3. The van der Waals surface area contributed by atoms with Crippen molar-refractivity contribution < 1.29 is 38.2 Å². The van der Waals surface area contributed by atoms with Gasteiger partial charge in [0.2, 0.25) is 11.8 Å². The Morgan fingerprint density at radius 1 is 1.06 bits per heavy atom. The molecule has 1 aliphatic heterocycles. The topological polar surface area (TPSA) is 163 Å². The van der Waals surface area contributed by atoms with Gasteiger partial charge in [-0.15, -0.1) is 11.6 Å². The Morgan fingerprint density at radius 3 is 2.37 bits per heavy atom. The summed E-state index contributed by atoms with van der Waals surface area (Å²) in [6.07, 6.45) is 0.424. The number of nitrogens with two attached hydrogens (primary N) is 1. The molecule has 4 N–H and O–H groups in total. The number of esters is 3. The number of rotatable bonds is 11. The largest absolute Gasteiger partial charge is 0.459 e. The molecule has 0 saturated carbocycles. The van der Waals surface area contributed by atoms with Crippen molar-refractivity contribution in [3.05, 3.63) is 82.4 Å². The van der Waals surface area contributed by atoms with E-state index in [1.807, 2.05) is 39.0 Å². The fraction of sp³-hybridized carbons (Fsp3) is 0.513. The highest BCUT2D eigenvalue weighted by atomic mass is 35.5. The van der Waals surface area contributed by atoms with Crippen molar-refractivity contribution in [3.63, 3.8) is 0 Å². The molecule has 13 heteroatoms. The maximum atomic E-state index is 13.8. The zero-order valence-corrected chi connectivity index (χ0v) is 32.2. The minimum absolute atomic E-state index is 0.0197. The van der Waals surface area contributed by atoms with Crippen molar-refractivity contribution in [2.24, 2.45) is 23.0 Å². The molecular formula is C39H51Cl2N3O8. The molecule has 6 atom stereocenters. The summed E-state index contributed by atoms with van der Waals surface area (Å²) in [5, 5.41) is 5.21. The zero-order valence-electron chi connectivity index (χ0n) is 30.7. The van der Waals surface area contributed by atoms with Crippen molar-refractivity contribution in [3.8, 4) is 0 Å². The predicted molar refractivity (Wildman–Crippen MR) is 199 cm³/mol. The van der Waals surface area contributed by atoms with E-state index in [2.05, 4.69) is 10.6 Å². The maximum Gasteiger partial charge on any atom is 0.347 e. The van der Waals surface area contributed by atoms with Crippen molar-refractivity contribution in [1.82, 2.24) is 10.6 Å². The molecule has 6 unspecified atom stereocenters. The number of cyclic esters (lactones) is 2. The van der Waals surface area contributed by atoms with Crippen LogP contribution in [-0.2, 0) is 51.0 Å². The van der Waals surface area contributed by atoms with Crippen LogP contribution < -0.4 is 16.4 Å². The average molecular weight is 761 g/mol. The Hall–Kier alpha value is -3.93. The second-order valence-corrected chi connectivity index (χ2v) is 15.0. The number of hydrogen-bond acceptors (Lipinski definition) is 9. The van der Waals surface area contributed by atoms with E-state index in [0.717, 1.165) is 17.5 Å². The first-order chi connectivity index (χ1) is 24.6. The molecule has 0 saturated heterocycles. The monoisotopic (exact) mass is 759 g/mol. The molecule has 284 valence electrons. The van der Waals surface area contributed by atoms with Gasteiger partial charge in [-0.3, -0.25) is 19.2 Å². The van der Waals surface area contributed by atoms with Crippen LogP contribution in [0.25, 0.3) is 0 Å². The van der Waals surface area contributed by atoms with Crippen LogP contribution in [0.4, 0.5) is 0 Å². The molecule has 0 aliphatic carbocycles. The average Bonchev–Trinajstić information content (AvgIpc) is 3.10. The maximum absolute atomic E-state index is 13.8. The van der Waals surface area contributed by atoms with Gasteiger partial charge in [-0.25, -0.2) is 4.79 Å². The van der Waals surface area contributed by atoms with Gasteiger partial charge in [-0.1, -0.05) is 87.8 Å². The van der Waals surface area contributed by atoms with Gasteiger partial charge >= 0.3 is 17.9 Å². The van der Waals surface area contributed by atoms with Gasteiger partial charge in [0.15, 0.2) is 6.10 Å². The number of amides is 2. The fourth-order valence-corrected chi connectivity index (χ4v) is 6.42. The second kappa shape index (κ2) is 19.8. The summed E-state index contributed by atoms with van der Waals surface area (Å²) in [5.41, 5.74) is 6.66. The van der Waals surface area contributed by atoms with Crippen LogP contribution >= 0.6 is 23.2 Å². The molecule has 11 nitrogen and oxygen atoms in total. The predicted octanol–water partition coefficient (Wildman–Crippen LogP) is 5.39. The Morgan fingerprint density at radius 2 is 1.75 bits per heavy atom. The Kier molecular flexibility index (Phi) is 16.2. The molecule has 1 aliphatic rings. The number of ether oxygens (including phenoxy) is 3. The van der Waals surface area contributed by atoms with Crippen LogP contribution in [0.3, 0.4) is 0 Å². The SMILES string of the molecule is CCc1ccc(CC2NC(=O)/C=C/CC(C(C)C(OC(=O)CN)C(Cl)c3ccccc3)OC(=O)C(CC(C)C)OC(=O)C(C)(C)CNC2=O)cc1Cl. The first-order valence-electron chi connectivity index (χ1n) is 17.6. The van der Waals surface area contributed by atoms with Gasteiger partial charge in [-0.05, 0) is 61.4 Å². The number of benzene rings is 2. The van der Waals surface area contributed by atoms with Crippen molar-refractivity contribution in [2.75, 3.05) is 13.1 Å². The molecular weight excluding hydrogens is 709 g/mol. The lowest BCUT2D eigenvalue weighted by Crippen LogP contribution is -2.51. The van der Waals surface area contributed by atoms with Crippen LogP contribution in [0.15, 0.2) is 60.7 Å². The molecule has 52 heavy (non-hydrogen) atoms. The van der Waals surface area contributed by atoms with Gasteiger partial charge in [0.1, 0.15) is 18.2 Å². The van der Waals surface area contributed by atoms with E-state index in [1.54, 1.807) is 51.1 Å². The summed E-state index contributed by atoms with van der Waals surface area (Å²) in [6.45, 7) is 10.1. The fourth-order valence-electron chi connectivity index (χ4n) is 5.66. The molecule has 2 amide bonds. The lowest BCUT2D eigenvalue weighted by molar-refractivity contribution is -0.181. The lowest BCUT2D eigenvalue weighted by Gasteiger charge is -2.34. The van der Waals surface area contributed by atoms with Crippen LogP contribution in [0.2, 0.25) is 5.02 Å². The van der Waals surface area contributed by atoms with Gasteiger partial charge in [-0.2, -0.15) is 0 Å². The summed E-state index contributed by atoms with van der Waals surface area (Å²) >= 11 is 13.4. The third-order valence-electron chi connectivity index (χ3n) is 8.88. The van der Waals surface area contributed by atoms with E-state index in [0.29, 0.717) is 10.6 Å². The highest BCUT2D eigenvalue weighted by molar-refractivity contribution is 6.31. The normalized spacial score (nSPS) is 22.6. The van der Waals surface area contributed by atoms with E-state index < -0.39 is 77.3 Å². The summed E-state index contributed by atoms with van der Waals surface area (Å²) in [4.78, 5) is 66.8. The summed E-state index contributed by atoms with van der Waals surface area (Å²) in [6, 6.07) is 13.4. The summed E-state index contributed by atoms with van der Waals surface area (Å²) < 4.78 is 17.6. The third-order valence-corrected chi connectivity index (χ3v) is 9.73. The number of hydrogen-bond donors (Lipinski definition) is 3. The Bertz CT molecular complexity index is 1580. The number of nitrogens with one attached hydrogen (secondary N) is 2. The minimum atomic E-state index is -1.29. The van der Waals surface area contributed by atoms with Crippen LogP contribution in [0, 0.1) is 17.3 Å². The number of halogens is 2. The number of aryl methyl sites for hydroxylation is 1. The molecule has 2 aromatic rings. The van der Waals surface area contributed by atoms with Crippen molar-refractivity contribution in [1.29, 1.82) is 0 Å². The van der Waals surface area contributed by atoms with Gasteiger partial charge in [0, 0.05) is 30.3 Å². The summed E-state index contributed by atoms with van der Waals surface area (Å²) in [5.74, 6) is -4.16. The molecule has 0 aromatic heterocycles. The second-order valence-electron chi connectivity index (χ2n) is 14.1. The van der Waals surface area contributed by atoms with Crippen LogP contribution in [0.5, 0.6) is 0 Å². The zero-order chi connectivity index (χ0) is 38.6. The number of carbonyl (C=O) groups excluding carboxylic acids is 5. The molecule has 0 radical (unpaired) electrons. The van der Waals surface area contributed by atoms with E-state index in [-0.39, 0.29) is 31.7 Å². The van der Waals surface area contributed by atoms with Gasteiger partial charge < -0.3 is 30.6 Å².